The van der Waals surface area contributed by atoms with Gasteiger partial charge in [0.25, 0.3) is 5.56 Å². The number of aryl methyl sites for hydroxylation is 1. The molecule has 0 spiro atoms. The molecule has 0 bridgehead atoms. The highest BCUT2D eigenvalue weighted by Crippen LogP contribution is 2.34. The molecule has 0 amide bonds. The summed E-state index contributed by atoms with van der Waals surface area (Å²) in [5.74, 6) is 0. The van der Waals surface area contributed by atoms with E-state index in [2.05, 4.69) is 6.07 Å². The van der Waals surface area contributed by atoms with Crippen LogP contribution in [-0.2, 0) is 12.8 Å². The number of hydrogen-bond donors (Lipinski definition) is 0. The van der Waals surface area contributed by atoms with Gasteiger partial charge in [0.05, 0.1) is 0 Å². The fraction of sp³-hybridized carbons (Fsp3) is 0.538. The van der Waals surface area contributed by atoms with Crippen LogP contribution < -0.4 is 5.56 Å². The van der Waals surface area contributed by atoms with Gasteiger partial charge < -0.3 is 4.57 Å². The van der Waals surface area contributed by atoms with E-state index in [1.807, 2.05) is 6.20 Å². The molecule has 0 atom stereocenters. The van der Waals surface area contributed by atoms with Gasteiger partial charge in [-0.25, -0.2) is 0 Å². The van der Waals surface area contributed by atoms with Crippen LogP contribution in [0.5, 0.6) is 0 Å². The summed E-state index contributed by atoms with van der Waals surface area (Å²) in [4.78, 5) is 12.1. The summed E-state index contributed by atoms with van der Waals surface area (Å²) < 4.78 is 1.79. The van der Waals surface area contributed by atoms with Crippen molar-refractivity contribution in [2.75, 3.05) is 0 Å². The van der Waals surface area contributed by atoms with Crippen molar-refractivity contribution in [3.63, 3.8) is 0 Å². The highest BCUT2D eigenvalue weighted by atomic mass is 16.1. The Bertz CT molecular complexity index is 532. The lowest BCUT2D eigenvalue weighted by molar-refractivity contribution is 0.640. The minimum Gasteiger partial charge on any atom is -0.311 e. The van der Waals surface area contributed by atoms with Crippen LogP contribution in [0, 0.1) is 11.3 Å². The van der Waals surface area contributed by atoms with Gasteiger partial charge >= 0.3 is 0 Å². The molecule has 1 heterocycles. The average molecular weight is 214 g/mol. The number of hydrogen-bond acceptors (Lipinski definition) is 2. The minimum absolute atomic E-state index is 0.0642. The quantitative estimate of drug-likeness (QED) is 0.717. The van der Waals surface area contributed by atoms with E-state index in [9.17, 15) is 4.79 Å². The summed E-state index contributed by atoms with van der Waals surface area (Å²) in [5, 5.41) is 9.14. The van der Waals surface area contributed by atoms with Crippen molar-refractivity contribution < 1.29 is 0 Å². The monoisotopic (exact) mass is 214 g/mol. The molecule has 82 valence electrons. The van der Waals surface area contributed by atoms with Crippen molar-refractivity contribution in [2.24, 2.45) is 0 Å². The Labute approximate surface area is 94.3 Å². The lowest BCUT2D eigenvalue weighted by Gasteiger charge is -2.18. The van der Waals surface area contributed by atoms with E-state index < -0.39 is 0 Å². The summed E-state index contributed by atoms with van der Waals surface area (Å²) >= 11 is 0. The van der Waals surface area contributed by atoms with Gasteiger partial charge in [0.1, 0.15) is 11.6 Å². The third-order valence-electron chi connectivity index (χ3n) is 3.61. The highest BCUT2D eigenvalue weighted by Gasteiger charge is 2.27. The van der Waals surface area contributed by atoms with Crippen LogP contribution in [-0.4, -0.2) is 4.57 Å². The molecule has 0 saturated heterocycles. The Balaban J connectivity index is 2.24. The average Bonchev–Trinajstić information content (AvgIpc) is 3.12. The maximum Gasteiger partial charge on any atom is 0.269 e. The predicted octanol–water partition coefficient (Wildman–Crippen LogP) is 1.93. The molecule has 1 aromatic rings. The first kappa shape index (κ1) is 9.65. The SMILES string of the molecule is N#Cc1c2c(cn(C3CC3)c1=O)CCCC2. The Kier molecular flexibility index (Phi) is 2.10. The molecule has 3 rings (SSSR count). The number of nitriles is 1. The number of rotatable bonds is 1. The lowest BCUT2D eigenvalue weighted by atomic mass is 9.90. The topological polar surface area (TPSA) is 45.8 Å². The second-order valence-electron chi connectivity index (χ2n) is 4.77. The summed E-state index contributed by atoms with van der Waals surface area (Å²) in [6.07, 6.45) is 8.40. The van der Waals surface area contributed by atoms with Crippen molar-refractivity contribution in [2.45, 2.75) is 44.6 Å². The standard InChI is InChI=1S/C13H14N2O/c14-7-12-11-4-2-1-3-9(11)8-15(13(12)16)10-5-6-10/h8,10H,1-6H2. The first-order valence-electron chi connectivity index (χ1n) is 5.98. The second kappa shape index (κ2) is 3.48. The molecule has 1 fully saturated rings. The van der Waals surface area contributed by atoms with Gasteiger partial charge in [-0.3, -0.25) is 4.79 Å². The van der Waals surface area contributed by atoms with E-state index in [0.29, 0.717) is 11.6 Å². The second-order valence-corrected chi connectivity index (χ2v) is 4.77. The molecule has 3 nitrogen and oxygen atoms in total. The lowest BCUT2D eigenvalue weighted by Crippen LogP contribution is -2.26. The molecule has 16 heavy (non-hydrogen) atoms. The van der Waals surface area contributed by atoms with E-state index in [4.69, 9.17) is 5.26 Å². The maximum absolute atomic E-state index is 12.1. The van der Waals surface area contributed by atoms with Gasteiger partial charge in [0, 0.05) is 12.2 Å². The molecule has 2 aliphatic rings. The van der Waals surface area contributed by atoms with Crippen molar-refractivity contribution >= 4 is 0 Å². The normalized spacial score (nSPS) is 18.9. The van der Waals surface area contributed by atoms with Gasteiger partial charge in [-0.1, -0.05) is 0 Å². The zero-order valence-corrected chi connectivity index (χ0v) is 9.20. The van der Waals surface area contributed by atoms with Crippen LogP contribution >= 0.6 is 0 Å². The van der Waals surface area contributed by atoms with Gasteiger partial charge in [0.15, 0.2) is 0 Å². The zero-order chi connectivity index (χ0) is 11.1. The van der Waals surface area contributed by atoms with Crippen molar-refractivity contribution in [3.05, 3.63) is 33.2 Å². The molecule has 0 radical (unpaired) electrons. The Morgan fingerprint density at radius 1 is 1.31 bits per heavy atom. The van der Waals surface area contributed by atoms with Gasteiger partial charge in [-0.15, -0.1) is 0 Å². The molecule has 1 aromatic heterocycles. The van der Waals surface area contributed by atoms with E-state index in [1.165, 1.54) is 12.0 Å². The molecule has 0 aromatic carbocycles. The largest absolute Gasteiger partial charge is 0.311 e. The van der Waals surface area contributed by atoms with E-state index in [1.54, 1.807) is 4.57 Å². The fourth-order valence-electron chi connectivity index (χ4n) is 2.58. The molecule has 1 saturated carbocycles. The summed E-state index contributed by atoms with van der Waals surface area (Å²) in [6.45, 7) is 0. The summed E-state index contributed by atoms with van der Waals surface area (Å²) in [6, 6.07) is 2.48. The number of pyridine rings is 1. The highest BCUT2D eigenvalue weighted by molar-refractivity contribution is 5.42. The fourth-order valence-corrected chi connectivity index (χ4v) is 2.58. The van der Waals surface area contributed by atoms with E-state index in [-0.39, 0.29) is 5.56 Å². The first-order chi connectivity index (χ1) is 7.81. The van der Waals surface area contributed by atoms with Gasteiger partial charge in [0.2, 0.25) is 0 Å². The molecular weight excluding hydrogens is 200 g/mol. The van der Waals surface area contributed by atoms with E-state index in [0.717, 1.165) is 37.7 Å². The Hall–Kier alpha value is -1.56. The molecule has 3 heteroatoms. The smallest absolute Gasteiger partial charge is 0.269 e. The van der Waals surface area contributed by atoms with Crippen LogP contribution in [0.1, 0.15) is 48.4 Å². The van der Waals surface area contributed by atoms with Gasteiger partial charge in [-0.2, -0.15) is 5.26 Å². The van der Waals surface area contributed by atoms with Crippen LogP contribution in [0.3, 0.4) is 0 Å². The summed E-state index contributed by atoms with van der Waals surface area (Å²) in [7, 11) is 0. The summed E-state index contributed by atoms with van der Waals surface area (Å²) in [5.41, 5.74) is 2.60. The van der Waals surface area contributed by atoms with Crippen molar-refractivity contribution in [1.29, 1.82) is 5.26 Å². The van der Waals surface area contributed by atoms with Crippen LogP contribution in [0.4, 0.5) is 0 Å². The third-order valence-corrected chi connectivity index (χ3v) is 3.61. The Morgan fingerprint density at radius 3 is 2.75 bits per heavy atom. The Morgan fingerprint density at radius 2 is 2.06 bits per heavy atom. The molecule has 0 aliphatic heterocycles. The maximum atomic E-state index is 12.1. The predicted molar refractivity (Wildman–Crippen MR) is 60.3 cm³/mol. The number of aromatic nitrogens is 1. The minimum atomic E-state index is -0.0642. The number of nitrogens with zero attached hydrogens (tertiary/aromatic N) is 2. The van der Waals surface area contributed by atoms with Gasteiger partial charge in [-0.05, 0) is 49.7 Å². The van der Waals surface area contributed by atoms with Crippen LogP contribution in [0.25, 0.3) is 0 Å². The van der Waals surface area contributed by atoms with Crippen molar-refractivity contribution in [1.82, 2.24) is 4.57 Å². The molecule has 2 aliphatic carbocycles. The molecular formula is C13H14N2O. The molecule has 0 N–H and O–H groups in total. The van der Waals surface area contributed by atoms with Crippen LogP contribution in [0.2, 0.25) is 0 Å². The van der Waals surface area contributed by atoms with Crippen molar-refractivity contribution in [3.8, 4) is 6.07 Å². The number of fused-ring (bicyclic) bond motifs is 1. The third kappa shape index (κ3) is 1.37. The van der Waals surface area contributed by atoms with Crippen LogP contribution in [0.15, 0.2) is 11.0 Å². The zero-order valence-electron chi connectivity index (χ0n) is 9.20. The van der Waals surface area contributed by atoms with E-state index >= 15 is 0 Å². The molecule has 0 unspecified atom stereocenters. The first-order valence-corrected chi connectivity index (χ1v) is 5.98.